The molecule has 0 aliphatic carbocycles. The molecule has 2 aromatic carbocycles. The van der Waals surface area contributed by atoms with E-state index in [1.807, 2.05) is 18.2 Å². The first kappa shape index (κ1) is 19.7. The van der Waals surface area contributed by atoms with Crippen LogP contribution in [-0.2, 0) is 21.4 Å². The van der Waals surface area contributed by atoms with Crippen LogP contribution in [0.5, 0.6) is 5.75 Å². The Balaban J connectivity index is 1.94. The van der Waals surface area contributed by atoms with E-state index in [0.29, 0.717) is 22.6 Å². The van der Waals surface area contributed by atoms with Gasteiger partial charge in [-0.15, -0.1) is 0 Å². The highest BCUT2D eigenvalue weighted by Gasteiger charge is 2.21. The van der Waals surface area contributed by atoms with Crippen LogP contribution in [0.2, 0.25) is 0 Å². The van der Waals surface area contributed by atoms with Crippen molar-refractivity contribution in [3.63, 3.8) is 0 Å². The maximum absolute atomic E-state index is 12.8. The summed E-state index contributed by atoms with van der Waals surface area (Å²) in [5.74, 6) is -0.0116. The molecule has 148 valence electrons. The Morgan fingerprint density at radius 1 is 1.14 bits per heavy atom. The average Bonchev–Trinajstić information content (AvgIpc) is 3.00. The summed E-state index contributed by atoms with van der Waals surface area (Å²) in [6.07, 6.45) is 1.03. The Hall–Kier alpha value is -3.04. The van der Waals surface area contributed by atoms with Gasteiger partial charge in [-0.2, -0.15) is 0 Å². The normalized spacial score (nSPS) is 11.4. The van der Waals surface area contributed by atoms with Gasteiger partial charge in [-0.3, -0.25) is 9.52 Å². The number of nitrogens with one attached hydrogen (secondary N) is 2. The zero-order valence-corrected chi connectivity index (χ0v) is 16.4. The van der Waals surface area contributed by atoms with Crippen molar-refractivity contribution in [3.8, 4) is 5.75 Å². The first-order chi connectivity index (χ1) is 13.3. The molecule has 1 aromatic heterocycles. The molecule has 0 aliphatic rings. The number of anilines is 2. The first-order valence-corrected chi connectivity index (χ1v) is 10.2. The van der Waals surface area contributed by atoms with Crippen LogP contribution in [-0.4, -0.2) is 34.8 Å². The van der Waals surface area contributed by atoms with E-state index < -0.39 is 15.9 Å². The molecule has 9 heteroatoms. The fourth-order valence-electron chi connectivity index (χ4n) is 2.82. The van der Waals surface area contributed by atoms with E-state index in [1.165, 1.54) is 20.3 Å². The van der Waals surface area contributed by atoms with Gasteiger partial charge >= 0.3 is 0 Å². The molecule has 0 atom stereocenters. The number of ether oxygens (including phenoxy) is 2. The summed E-state index contributed by atoms with van der Waals surface area (Å²) in [7, 11) is -0.555. The molecule has 0 unspecified atom stereocenters. The second-order valence-corrected chi connectivity index (χ2v) is 7.83. The van der Waals surface area contributed by atoms with Crippen LogP contribution in [0.25, 0.3) is 11.0 Å². The van der Waals surface area contributed by atoms with Crippen LogP contribution in [0, 0.1) is 0 Å². The summed E-state index contributed by atoms with van der Waals surface area (Å²) in [6.45, 7) is 0.212. The highest BCUT2D eigenvalue weighted by molar-refractivity contribution is 7.92. The zero-order valence-electron chi connectivity index (χ0n) is 15.6. The molecule has 0 bridgehead atoms. The summed E-state index contributed by atoms with van der Waals surface area (Å²) in [5, 5.41) is 3.51. The van der Waals surface area contributed by atoms with Gasteiger partial charge in [-0.25, -0.2) is 8.42 Å². The number of sulfonamides is 1. The van der Waals surface area contributed by atoms with Gasteiger partial charge in [-0.1, -0.05) is 18.2 Å². The smallest absolute Gasteiger partial charge is 0.291 e. The largest absolute Gasteiger partial charge is 0.495 e. The van der Waals surface area contributed by atoms with Crippen molar-refractivity contribution in [3.05, 3.63) is 53.8 Å². The molecule has 0 radical (unpaired) electrons. The molecular weight excluding hydrogens is 384 g/mol. The van der Waals surface area contributed by atoms with Gasteiger partial charge in [0.05, 0.1) is 25.7 Å². The van der Waals surface area contributed by atoms with E-state index in [-0.39, 0.29) is 18.1 Å². The third kappa shape index (κ3) is 4.26. The number of rotatable bonds is 7. The number of carbonyl (C=O) groups excluding carboxylic acids is 1. The van der Waals surface area contributed by atoms with Crippen LogP contribution in [0.4, 0.5) is 11.4 Å². The fourth-order valence-corrected chi connectivity index (χ4v) is 3.38. The summed E-state index contributed by atoms with van der Waals surface area (Å²) < 4.78 is 41.5. The standard InChI is InChI=1S/C19H20N2O6S/c1-25-11-14-13-6-4-5-7-16(13)27-18(14)19(22)20-12-8-9-17(26-2)15(10-12)21-28(3,23)24/h4-10,21H,11H2,1-3H3,(H,20,22). The lowest BCUT2D eigenvalue weighted by atomic mass is 10.1. The maximum atomic E-state index is 12.8. The summed E-state index contributed by atoms with van der Waals surface area (Å²) >= 11 is 0. The van der Waals surface area contributed by atoms with E-state index in [0.717, 1.165) is 11.6 Å². The zero-order chi connectivity index (χ0) is 20.3. The van der Waals surface area contributed by atoms with Gasteiger partial charge in [-0.05, 0) is 24.3 Å². The molecule has 1 heterocycles. The quantitative estimate of drug-likeness (QED) is 0.626. The van der Waals surface area contributed by atoms with E-state index in [9.17, 15) is 13.2 Å². The van der Waals surface area contributed by atoms with Crippen LogP contribution in [0.15, 0.2) is 46.9 Å². The Morgan fingerprint density at radius 2 is 1.89 bits per heavy atom. The molecule has 0 saturated heterocycles. The number of fused-ring (bicyclic) bond motifs is 1. The highest BCUT2D eigenvalue weighted by atomic mass is 32.2. The van der Waals surface area contributed by atoms with Gasteiger partial charge in [0.1, 0.15) is 11.3 Å². The molecule has 8 nitrogen and oxygen atoms in total. The van der Waals surface area contributed by atoms with Crippen molar-refractivity contribution in [1.82, 2.24) is 0 Å². The van der Waals surface area contributed by atoms with Gasteiger partial charge < -0.3 is 19.2 Å². The van der Waals surface area contributed by atoms with Crippen LogP contribution < -0.4 is 14.8 Å². The third-order valence-corrected chi connectivity index (χ3v) is 4.54. The van der Waals surface area contributed by atoms with Crippen LogP contribution >= 0.6 is 0 Å². The number of furan rings is 1. The third-order valence-electron chi connectivity index (χ3n) is 3.95. The van der Waals surface area contributed by atoms with Crippen molar-refractivity contribution in [1.29, 1.82) is 0 Å². The minimum absolute atomic E-state index is 0.136. The van der Waals surface area contributed by atoms with Gasteiger partial charge in [0.15, 0.2) is 5.76 Å². The van der Waals surface area contributed by atoms with Gasteiger partial charge in [0.25, 0.3) is 5.91 Å². The van der Waals surface area contributed by atoms with Crippen LogP contribution in [0.3, 0.4) is 0 Å². The second-order valence-electron chi connectivity index (χ2n) is 6.08. The molecule has 0 spiro atoms. The Morgan fingerprint density at radius 3 is 2.57 bits per heavy atom. The van der Waals surface area contributed by atoms with E-state index in [2.05, 4.69) is 10.0 Å². The summed E-state index contributed by atoms with van der Waals surface area (Å²) in [6, 6.07) is 11.9. The summed E-state index contributed by atoms with van der Waals surface area (Å²) in [4.78, 5) is 12.8. The lowest BCUT2D eigenvalue weighted by molar-refractivity contribution is 0.0992. The molecule has 0 saturated carbocycles. The highest BCUT2D eigenvalue weighted by Crippen LogP contribution is 2.30. The van der Waals surface area contributed by atoms with Crippen molar-refractivity contribution in [2.45, 2.75) is 6.61 Å². The number of benzene rings is 2. The molecule has 2 N–H and O–H groups in total. The number of carbonyl (C=O) groups is 1. The van der Waals surface area contributed by atoms with E-state index >= 15 is 0 Å². The average molecular weight is 404 g/mol. The van der Waals surface area contributed by atoms with Gasteiger partial charge in [0.2, 0.25) is 10.0 Å². The Kier molecular flexibility index (Phi) is 5.57. The topological polar surface area (TPSA) is 107 Å². The second kappa shape index (κ2) is 7.91. The fraction of sp³-hybridized carbons (Fsp3) is 0.211. The Labute approximate surface area is 162 Å². The molecule has 28 heavy (non-hydrogen) atoms. The number of hydrogen-bond acceptors (Lipinski definition) is 6. The van der Waals surface area contributed by atoms with Crippen molar-refractivity contribution >= 4 is 38.3 Å². The summed E-state index contributed by atoms with van der Waals surface area (Å²) in [5.41, 5.74) is 1.80. The monoisotopic (exact) mass is 404 g/mol. The molecular formula is C19H20N2O6S. The number of hydrogen-bond donors (Lipinski definition) is 2. The predicted molar refractivity (Wildman–Crippen MR) is 106 cm³/mol. The Bertz CT molecular complexity index is 1120. The number of amides is 1. The maximum Gasteiger partial charge on any atom is 0.291 e. The van der Waals surface area contributed by atoms with Crippen molar-refractivity contribution < 1.29 is 27.1 Å². The minimum Gasteiger partial charge on any atom is -0.495 e. The predicted octanol–water partition coefficient (Wildman–Crippen LogP) is 3.21. The number of para-hydroxylation sites is 1. The van der Waals surface area contributed by atoms with Crippen molar-refractivity contribution in [2.24, 2.45) is 0 Å². The molecule has 3 rings (SSSR count). The molecule has 1 amide bonds. The minimum atomic E-state index is -3.52. The molecule has 0 fully saturated rings. The number of methoxy groups -OCH3 is 2. The van der Waals surface area contributed by atoms with Crippen molar-refractivity contribution in [2.75, 3.05) is 30.5 Å². The lowest BCUT2D eigenvalue weighted by Gasteiger charge is -2.12. The SMILES string of the molecule is COCc1c(C(=O)Nc2ccc(OC)c(NS(C)(=O)=O)c2)oc2ccccc12. The molecule has 3 aromatic rings. The van der Waals surface area contributed by atoms with Gasteiger partial charge in [0, 0.05) is 23.7 Å². The first-order valence-electron chi connectivity index (χ1n) is 8.29. The van der Waals surface area contributed by atoms with E-state index in [4.69, 9.17) is 13.9 Å². The van der Waals surface area contributed by atoms with Crippen LogP contribution in [0.1, 0.15) is 16.1 Å². The lowest BCUT2D eigenvalue weighted by Crippen LogP contribution is -2.14. The molecule has 0 aliphatic heterocycles. The van der Waals surface area contributed by atoms with E-state index in [1.54, 1.807) is 18.2 Å².